The molecule has 1 aromatic carbocycles. The number of aromatic hydroxyl groups is 1. The third-order valence-electron chi connectivity index (χ3n) is 2.91. The highest BCUT2D eigenvalue weighted by molar-refractivity contribution is 7.80. The van der Waals surface area contributed by atoms with E-state index in [-0.39, 0.29) is 11.7 Å². The van der Waals surface area contributed by atoms with Crippen molar-refractivity contribution in [3.8, 4) is 5.75 Å². The SMILES string of the molecule is CCCCN1C(=O)/C(=C/c2cc(O)cc(Cl)c2)NC1=S. The van der Waals surface area contributed by atoms with Crippen molar-refractivity contribution in [2.24, 2.45) is 0 Å². The molecular weight excluding hydrogens is 296 g/mol. The van der Waals surface area contributed by atoms with E-state index >= 15 is 0 Å². The van der Waals surface area contributed by atoms with Crippen molar-refractivity contribution in [2.45, 2.75) is 19.8 Å². The number of hydrogen-bond donors (Lipinski definition) is 2. The molecule has 2 rings (SSSR count). The average molecular weight is 311 g/mol. The minimum absolute atomic E-state index is 0.0558. The zero-order chi connectivity index (χ0) is 14.7. The van der Waals surface area contributed by atoms with Crippen molar-refractivity contribution < 1.29 is 9.90 Å². The van der Waals surface area contributed by atoms with Crippen LogP contribution >= 0.6 is 23.8 Å². The second-order valence-electron chi connectivity index (χ2n) is 4.54. The topological polar surface area (TPSA) is 52.6 Å². The van der Waals surface area contributed by atoms with Crippen molar-refractivity contribution >= 4 is 40.9 Å². The number of benzene rings is 1. The van der Waals surface area contributed by atoms with Crippen LogP contribution < -0.4 is 5.32 Å². The molecule has 20 heavy (non-hydrogen) atoms. The number of halogens is 1. The van der Waals surface area contributed by atoms with Crippen molar-refractivity contribution in [3.05, 3.63) is 34.5 Å². The number of hydrogen-bond acceptors (Lipinski definition) is 3. The van der Waals surface area contributed by atoms with Gasteiger partial charge in [0, 0.05) is 11.6 Å². The standard InChI is InChI=1S/C14H15ClN2O2S/c1-2-3-4-17-13(19)12(16-14(17)20)7-9-5-10(15)8-11(18)6-9/h5-8,18H,2-4H2,1H3,(H,16,20)/b12-7-. The second kappa shape index (κ2) is 6.24. The van der Waals surface area contributed by atoms with Gasteiger partial charge in [0.05, 0.1) is 0 Å². The lowest BCUT2D eigenvalue weighted by Gasteiger charge is -2.12. The Kier molecular flexibility index (Phi) is 4.62. The molecule has 0 spiro atoms. The van der Waals surface area contributed by atoms with Gasteiger partial charge in [-0.1, -0.05) is 24.9 Å². The molecule has 1 aliphatic rings. The summed E-state index contributed by atoms with van der Waals surface area (Å²) in [6.45, 7) is 2.67. The Hall–Kier alpha value is -1.59. The monoisotopic (exact) mass is 310 g/mol. The summed E-state index contributed by atoms with van der Waals surface area (Å²) in [6, 6.07) is 4.64. The van der Waals surface area contributed by atoms with Crippen molar-refractivity contribution in [3.63, 3.8) is 0 Å². The summed E-state index contributed by atoms with van der Waals surface area (Å²) < 4.78 is 0. The number of nitrogens with one attached hydrogen (secondary N) is 1. The summed E-state index contributed by atoms with van der Waals surface area (Å²) in [5.41, 5.74) is 1.04. The molecule has 0 saturated carbocycles. The highest BCUT2D eigenvalue weighted by Crippen LogP contribution is 2.22. The van der Waals surface area contributed by atoms with Crippen LogP contribution in [0.2, 0.25) is 5.02 Å². The first-order chi connectivity index (χ1) is 9.51. The Morgan fingerprint density at radius 3 is 2.85 bits per heavy atom. The smallest absolute Gasteiger partial charge is 0.276 e. The van der Waals surface area contributed by atoms with Crippen molar-refractivity contribution in [1.82, 2.24) is 10.2 Å². The molecule has 1 saturated heterocycles. The predicted octanol–water partition coefficient (Wildman–Crippen LogP) is 2.90. The number of phenolic OH excluding ortho intramolecular Hbond substituents is 1. The van der Waals surface area contributed by atoms with Crippen molar-refractivity contribution in [1.29, 1.82) is 0 Å². The summed E-state index contributed by atoms with van der Waals surface area (Å²) >= 11 is 11.0. The summed E-state index contributed by atoms with van der Waals surface area (Å²) in [7, 11) is 0. The van der Waals surface area contributed by atoms with Gasteiger partial charge in [0.1, 0.15) is 11.4 Å². The highest BCUT2D eigenvalue weighted by Gasteiger charge is 2.29. The molecule has 6 heteroatoms. The predicted molar refractivity (Wildman–Crippen MR) is 83.4 cm³/mol. The minimum Gasteiger partial charge on any atom is -0.508 e. The first kappa shape index (κ1) is 14.8. The normalized spacial score (nSPS) is 16.9. The van der Waals surface area contributed by atoms with E-state index in [1.54, 1.807) is 17.0 Å². The van der Waals surface area contributed by atoms with Gasteiger partial charge in [-0.2, -0.15) is 0 Å². The molecular formula is C14H15ClN2O2S. The molecule has 2 N–H and O–H groups in total. The van der Waals surface area contributed by atoms with Crippen LogP contribution in [0.1, 0.15) is 25.3 Å². The Morgan fingerprint density at radius 1 is 1.45 bits per heavy atom. The largest absolute Gasteiger partial charge is 0.508 e. The molecule has 106 valence electrons. The Morgan fingerprint density at radius 2 is 2.20 bits per heavy atom. The summed E-state index contributed by atoms with van der Waals surface area (Å²) in [4.78, 5) is 13.8. The zero-order valence-electron chi connectivity index (χ0n) is 11.0. The number of thiocarbonyl (C=S) groups is 1. The van der Waals surface area contributed by atoms with E-state index in [9.17, 15) is 9.90 Å². The fourth-order valence-electron chi connectivity index (χ4n) is 1.94. The van der Waals surface area contributed by atoms with Crippen LogP contribution in [0.15, 0.2) is 23.9 Å². The lowest BCUT2D eigenvalue weighted by atomic mass is 10.2. The zero-order valence-corrected chi connectivity index (χ0v) is 12.6. The maximum atomic E-state index is 12.2. The van der Waals surface area contributed by atoms with Crippen LogP contribution in [0.25, 0.3) is 6.08 Å². The number of phenols is 1. The van der Waals surface area contributed by atoms with E-state index in [0.717, 1.165) is 12.8 Å². The molecule has 0 aromatic heterocycles. The van der Waals surface area contributed by atoms with E-state index in [1.165, 1.54) is 12.1 Å². The van der Waals surface area contributed by atoms with Gasteiger partial charge in [-0.3, -0.25) is 9.69 Å². The molecule has 0 bridgehead atoms. The fraction of sp³-hybridized carbons (Fsp3) is 0.286. The summed E-state index contributed by atoms with van der Waals surface area (Å²) in [5, 5.41) is 13.2. The number of carbonyl (C=O) groups excluding carboxylic acids is 1. The molecule has 1 aliphatic heterocycles. The van der Waals surface area contributed by atoms with Gasteiger partial charge in [-0.05, 0) is 48.5 Å². The number of unbranched alkanes of at least 4 members (excludes halogenated alkanes) is 1. The van der Waals surface area contributed by atoms with Crippen LogP contribution in [-0.2, 0) is 4.79 Å². The lowest BCUT2D eigenvalue weighted by molar-refractivity contribution is -0.122. The van der Waals surface area contributed by atoms with E-state index in [2.05, 4.69) is 12.2 Å². The summed E-state index contributed by atoms with van der Waals surface area (Å²) in [5.74, 6) is -0.0943. The van der Waals surface area contributed by atoms with Gasteiger partial charge < -0.3 is 10.4 Å². The molecule has 0 radical (unpaired) electrons. The quantitative estimate of drug-likeness (QED) is 0.663. The summed E-state index contributed by atoms with van der Waals surface area (Å²) in [6.07, 6.45) is 3.53. The Labute approximate surface area is 128 Å². The maximum absolute atomic E-state index is 12.2. The molecule has 0 aliphatic carbocycles. The second-order valence-corrected chi connectivity index (χ2v) is 5.36. The van der Waals surface area contributed by atoms with Gasteiger partial charge in [0.15, 0.2) is 5.11 Å². The van der Waals surface area contributed by atoms with Crippen molar-refractivity contribution in [2.75, 3.05) is 6.54 Å². The van der Waals surface area contributed by atoms with Gasteiger partial charge >= 0.3 is 0 Å². The molecule has 1 aromatic rings. The maximum Gasteiger partial charge on any atom is 0.276 e. The Balaban J connectivity index is 2.23. The molecule has 1 amide bonds. The Bertz CT molecular complexity index is 566. The van der Waals surface area contributed by atoms with Gasteiger partial charge in [-0.15, -0.1) is 0 Å². The van der Waals surface area contributed by atoms with Crippen LogP contribution in [0.5, 0.6) is 5.75 Å². The number of nitrogens with zero attached hydrogens (tertiary/aromatic N) is 1. The van der Waals surface area contributed by atoms with Crippen LogP contribution in [0, 0.1) is 0 Å². The van der Waals surface area contributed by atoms with E-state index in [4.69, 9.17) is 23.8 Å². The molecule has 0 atom stereocenters. The van der Waals surface area contributed by atoms with Crippen LogP contribution in [0.4, 0.5) is 0 Å². The highest BCUT2D eigenvalue weighted by atomic mass is 35.5. The lowest BCUT2D eigenvalue weighted by Crippen LogP contribution is -2.31. The van der Waals surface area contributed by atoms with Crippen LogP contribution in [-0.4, -0.2) is 27.6 Å². The third kappa shape index (κ3) is 3.29. The third-order valence-corrected chi connectivity index (χ3v) is 3.45. The first-order valence-electron chi connectivity index (χ1n) is 6.35. The molecule has 1 heterocycles. The number of amides is 1. The van der Waals surface area contributed by atoms with E-state index in [0.29, 0.717) is 27.9 Å². The number of rotatable bonds is 4. The average Bonchev–Trinajstić information content (AvgIpc) is 2.61. The van der Waals surface area contributed by atoms with Gasteiger partial charge in [0.2, 0.25) is 0 Å². The van der Waals surface area contributed by atoms with Gasteiger partial charge in [0.25, 0.3) is 5.91 Å². The number of carbonyl (C=O) groups is 1. The first-order valence-corrected chi connectivity index (χ1v) is 7.14. The van der Waals surface area contributed by atoms with Gasteiger partial charge in [-0.25, -0.2) is 0 Å². The fourth-order valence-corrected chi connectivity index (χ4v) is 2.46. The minimum atomic E-state index is -0.150. The van der Waals surface area contributed by atoms with E-state index in [1.807, 2.05) is 0 Å². The molecule has 4 nitrogen and oxygen atoms in total. The van der Waals surface area contributed by atoms with E-state index < -0.39 is 0 Å². The molecule has 0 unspecified atom stereocenters. The molecule has 1 fully saturated rings. The van der Waals surface area contributed by atoms with Crippen LogP contribution in [0.3, 0.4) is 0 Å².